The quantitative estimate of drug-likeness (QED) is 0.785. The van der Waals surface area contributed by atoms with Crippen LogP contribution in [0.1, 0.15) is 36.5 Å². The highest BCUT2D eigenvalue weighted by molar-refractivity contribution is 5.95. The molecule has 0 bridgehead atoms. The summed E-state index contributed by atoms with van der Waals surface area (Å²) in [4.78, 5) is 14.6. The fourth-order valence-corrected chi connectivity index (χ4v) is 2.62. The molecule has 1 fully saturated rings. The lowest BCUT2D eigenvalue weighted by Gasteiger charge is -2.26. The van der Waals surface area contributed by atoms with E-state index in [0.29, 0.717) is 30.2 Å². The Morgan fingerprint density at radius 1 is 1.29 bits per heavy atom. The van der Waals surface area contributed by atoms with Crippen LogP contribution in [-0.4, -0.2) is 43.6 Å². The molecule has 116 valence electrons. The standard InChI is InChI=1S/C16H25N3O2/c1-2-21-15-11-13(10-14(17)12-15)16(20)18-6-9-19-7-4-3-5-8-19/h10-12H,2-9,17H2,1H3,(H,18,20). The van der Waals surface area contributed by atoms with Crippen molar-refractivity contribution in [2.45, 2.75) is 26.2 Å². The van der Waals surface area contributed by atoms with Crippen molar-refractivity contribution in [3.05, 3.63) is 23.8 Å². The van der Waals surface area contributed by atoms with E-state index in [1.807, 2.05) is 6.92 Å². The number of ether oxygens (including phenoxy) is 1. The fourth-order valence-electron chi connectivity index (χ4n) is 2.62. The number of likely N-dealkylation sites (tertiary alicyclic amines) is 1. The minimum absolute atomic E-state index is 0.0970. The van der Waals surface area contributed by atoms with Gasteiger partial charge in [-0.15, -0.1) is 0 Å². The van der Waals surface area contributed by atoms with Gasteiger partial charge in [0.25, 0.3) is 5.91 Å². The zero-order valence-electron chi connectivity index (χ0n) is 12.7. The topological polar surface area (TPSA) is 67.6 Å². The Balaban J connectivity index is 1.84. The van der Waals surface area contributed by atoms with Crippen molar-refractivity contribution in [3.8, 4) is 5.75 Å². The first-order valence-corrected chi connectivity index (χ1v) is 7.73. The average Bonchev–Trinajstić information content (AvgIpc) is 2.48. The van der Waals surface area contributed by atoms with Gasteiger partial charge in [-0.2, -0.15) is 0 Å². The smallest absolute Gasteiger partial charge is 0.251 e. The van der Waals surface area contributed by atoms with Crippen LogP contribution >= 0.6 is 0 Å². The molecule has 1 saturated heterocycles. The zero-order valence-corrected chi connectivity index (χ0v) is 12.7. The molecule has 0 saturated carbocycles. The van der Waals surface area contributed by atoms with E-state index in [1.54, 1.807) is 18.2 Å². The van der Waals surface area contributed by atoms with Crippen molar-refractivity contribution >= 4 is 11.6 Å². The fraction of sp³-hybridized carbons (Fsp3) is 0.562. The van der Waals surface area contributed by atoms with Crippen LogP contribution in [0.5, 0.6) is 5.75 Å². The molecule has 3 N–H and O–H groups in total. The summed E-state index contributed by atoms with van der Waals surface area (Å²) in [5.41, 5.74) is 6.90. The normalized spacial score (nSPS) is 15.7. The van der Waals surface area contributed by atoms with E-state index in [2.05, 4.69) is 10.2 Å². The van der Waals surface area contributed by atoms with Crippen LogP contribution < -0.4 is 15.8 Å². The molecule has 0 radical (unpaired) electrons. The number of nitrogens with zero attached hydrogens (tertiary/aromatic N) is 1. The lowest BCUT2D eigenvalue weighted by atomic mass is 10.1. The molecular formula is C16H25N3O2. The molecule has 0 aliphatic carbocycles. The number of nitrogens with two attached hydrogens (primary N) is 1. The second kappa shape index (κ2) is 7.88. The number of nitrogen functional groups attached to an aromatic ring is 1. The van der Waals surface area contributed by atoms with Crippen molar-refractivity contribution in [1.82, 2.24) is 10.2 Å². The third-order valence-corrected chi connectivity index (χ3v) is 3.66. The van der Waals surface area contributed by atoms with Gasteiger partial charge in [0.15, 0.2) is 0 Å². The number of nitrogens with one attached hydrogen (secondary N) is 1. The summed E-state index contributed by atoms with van der Waals surface area (Å²) in [5.74, 6) is 0.541. The van der Waals surface area contributed by atoms with Crippen LogP contribution in [-0.2, 0) is 0 Å². The first-order chi connectivity index (χ1) is 10.2. The number of amides is 1. The van der Waals surface area contributed by atoms with Gasteiger partial charge in [0.2, 0.25) is 0 Å². The maximum Gasteiger partial charge on any atom is 0.251 e. The van der Waals surface area contributed by atoms with Crippen LogP contribution in [0.2, 0.25) is 0 Å². The van der Waals surface area contributed by atoms with Gasteiger partial charge < -0.3 is 20.7 Å². The van der Waals surface area contributed by atoms with Crippen LogP contribution in [0.4, 0.5) is 5.69 Å². The third kappa shape index (κ3) is 4.93. The summed E-state index contributed by atoms with van der Waals surface area (Å²) in [6, 6.07) is 5.14. The van der Waals surface area contributed by atoms with Crippen LogP contribution in [0.3, 0.4) is 0 Å². The Labute approximate surface area is 126 Å². The number of carbonyl (C=O) groups excluding carboxylic acids is 1. The average molecular weight is 291 g/mol. The SMILES string of the molecule is CCOc1cc(N)cc(C(=O)NCCN2CCCCC2)c1. The predicted octanol–water partition coefficient (Wildman–Crippen LogP) is 1.88. The van der Waals surface area contributed by atoms with E-state index in [-0.39, 0.29) is 5.91 Å². The summed E-state index contributed by atoms with van der Waals surface area (Å²) < 4.78 is 5.41. The summed E-state index contributed by atoms with van der Waals surface area (Å²) in [5, 5.41) is 2.95. The van der Waals surface area contributed by atoms with Gasteiger partial charge in [-0.3, -0.25) is 4.79 Å². The van der Waals surface area contributed by atoms with Gasteiger partial charge in [0.1, 0.15) is 5.75 Å². The Morgan fingerprint density at radius 3 is 2.76 bits per heavy atom. The largest absolute Gasteiger partial charge is 0.494 e. The second-order valence-corrected chi connectivity index (χ2v) is 5.38. The van der Waals surface area contributed by atoms with Crippen LogP contribution in [0, 0.1) is 0 Å². The van der Waals surface area contributed by atoms with E-state index in [1.165, 1.54) is 19.3 Å². The molecule has 1 heterocycles. The Kier molecular flexibility index (Phi) is 5.87. The highest BCUT2D eigenvalue weighted by Gasteiger charge is 2.11. The molecular weight excluding hydrogens is 266 g/mol. The lowest BCUT2D eigenvalue weighted by Crippen LogP contribution is -2.37. The highest BCUT2D eigenvalue weighted by atomic mass is 16.5. The summed E-state index contributed by atoms with van der Waals surface area (Å²) in [7, 11) is 0. The summed E-state index contributed by atoms with van der Waals surface area (Å²) >= 11 is 0. The molecule has 5 heteroatoms. The van der Waals surface area contributed by atoms with Crippen molar-refractivity contribution in [2.24, 2.45) is 0 Å². The van der Waals surface area contributed by atoms with E-state index >= 15 is 0 Å². The van der Waals surface area contributed by atoms with Crippen molar-refractivity contribution in [1.29, 1.82) is 0 Å². The molecule has 1 aliphatic heterocycles. The van der Waals surface area contributed by atoms with Crippen molar-refractivity contribution in [2.75, 3.05) is 38.5 Å². The Bertz CT molecular complexity index is 471. The van der Waals surface area contributed by atoms with E-state index in [0.717, 1.165) is 19.6 Å². The molecule has 5 nitrogen and oxygen atoms in total. The maximum atomic E-state index is 12.2. The number of anilines is 1. The minimum Gasteiger partial charge on any atom is -0.494 e. The van der Waals surface area contributed by atoms with Gasteiger partial charge >= 0.3 is 0 Å². The van der Waals surface area contributed by atoms with Crippen molar-refractivity contribution < 1.29 is 9.53 Å². The number of piperidine rings is 1. The first-order valence-electron chi connectivity index (χ1n) is 7.73. The van der Waals surface area contributed by atoms with Gasteiger partial charge in [0.05, 0.1) is 6.61 Å². The van der Waals surface area contributed by atoms with E-state index in [4.69, 9.17) is 10.5 Å². The molecule has 1 aliphatic rings. The minimum atomic E-state index is -0.0970. The molecule has 1 aromatic carbocycles. The second-order valence-electron chi connectivity index (χ2n) is 5.38. The number of hydrogen-bond acceptors (Lipinski definition) is 4. The molecule has 0 unspecified atom stereocenters. The molecule has 0 atom stereocenters. The third-order valence-electron chi connectivity index (χ3n) is 3.66. The lowest BCUT2D eigenvalue weighted by molar-refractivity contribution is 0.0946. The van der Waals surface area contributed by atoms with Gasteiger partial charge in [-0.25, -0.2) is 0 Å². The van der Waals surface area contributed by atoms with Crippen molar-refractivity contribution in [3.63, 3.8) is 0 Å². The first kappa shape index (κ1) is 15.6. The van der Waals surface area contributed by atoms with Gasteiger partial charge in [-0.05, 0) is 45.0 Å². The number of rotatable bonds is 6. The molecule has 0 aromatic heterocycles. The monoisotopic (exact) mass is 291 g/mol. The molecule has 1 aromatic rings. The number of benzene rings is 1. The Morgan fingerprint density at radius 2 is 2.05 bits per heavy atom. The molecule has 0 spiro atoms. The Hall–Kier alpha value is -1.75. The number of hydrogen-bond donors (Lipinski definition) is 2. The predicted molar refractivity (Wildman–Crippen MR) is 84.6 cm³/mol. The van der Waals surface area contributed by atoms with E-state index in [9.17, 15) is 4.79 Å². The van der Waals surface area contributed by atoms with Crippen LogP contribution in [0.15, 0.2) is 18.2 Å². The highest BCUT2D eigenvalue weighted by Crippen LogP contribution is 2.18. The summed E-state index contributed by atoms with van der Waals surface area (Å²) in [6.45, 7) is 6.32. The molecule has 21 heavy (non-hydrogen) atoms. The maximum absolute atomic E-state index is 12.2. The van der Waals surface area contributed by atoms with E-state index < -0.39 is 0 Å². The van der Waals surface area contributed by atoms with Gasteiger partial charge in [0, 0.05) is 30.4 Å². The van der Waals surface area contributed by atoms with Crippen LogP contribution in [0.25, 0.3) is 0 Å². The molecule has 1 amide bonds. The number of carbonyl (C=O) groups is 1. The molecule has 2 rings (SSSR count). The zero-order chi connectivity index (χ0) is 15.1. The van der Waals surface area contributed by atoms with Gasteiger partial charge in [-0.1, -0.05) is 6.42 Å². The summed E-state index contributed by atoms with van der Waals surface area (Å²) in [6.07, 6.45) is 3.86.